The predicted octanol–water partition coefficient (Wildman–Crippen LogP) is 0.395. The molecule has 0 bridgehead atoms. The van der Waals surface area contributed by atoms with Crippen molar-refractivity contribution in [2.45, 2.75) is 11.1 Å². The summed E-state index contributed by atoms with van der Waals surface area (Å²) in [6.07, 6.45) is 0.608. The summed E-state index contributed by atoms with van der Waals surface area (Å²) in [6.45, 7) is 0. The number of halogens is 1. The lowest BCUT2D eigenvalue weighted by Crippen LogP contribution is -1.91. The van der Waals surface area contributed by atoms with E-state index in [4.69, 9.17) is 15.7 Å². The fourth-order valence-electron chi connectivity index (χ4n) is 0.156. The molecule has 0 N–H and O–H groups in total. The summed E-state index contributed by atoms with van der Waals surface area (Å²) >= 11 is 3.10. The molecule has 0 aliphatic heterocycles. The van der Waals surface area contributed by atoms with E-state index in [-0.39, 0.29) is 4.73 Å². The molecule has 4 radical (unpaired) electrons. The first-order chi connectivity index (χ1) is 3.27. The second-order valence-electron chi connectivity index (χ2n) is 1.04. The zero-order valence-electron chi connectivity index (χ0n) is 3.82. The van der Waals surface area contributed by atoms with E-state index in [0.717, 1.165) is 0 Å². The molecule has 0 nitrogen and oxygen atoms in total. The van der Waals surface area contributed by atoms with E-state index in [2.05, 4.69) is 27.7 Å². The Morgan fingerprint density at radius 2 is 2.29 bits per heavy atom. The standard InChI is InChI=1S/C4H3B2Br/c5-3-1-2-4(6)7/h4H,2H2. The summed E-state index contributed by atoms with van der Waals surface area (Å²) in [7, 11) is 10.1. The van der Waals surface area contributed by atoms with Gasteiger partial charge in [0.25, 0.3) is 0 Å². The van der Waals surface area contributed by atoms with Gasteiger partial charge < -0.3 is 0 Å². The molecule has 1 unspecified atom stereocenters. The molecule has 3 heteroatoms. The van der Waals surface area contributed by atoms with Crippen LogP contribution in [0.1, 0.15) is 6.42 Å². The second-order valence-corrected chi connectivity index (χ2v) is 2.22. The topological polar surface area (TPSA) is 0 Å². The summed E-state index contributed by atoms with van der Waals surface area (Å²) in [5.41, 5.74) is 0. The van der Waals surface area contributed by atoms with Gasteiger partial charge in [-0.15, -0.1) is 5.92 Å². The van der Waals surface area contributed by atoms with Gasteiger partial charge in [-0.1, -0.05) is 15.9 Å². The molecule has 32 valence electrons. The molecule has 0 amide bonds. The Labute approximate surface area is 55.0 Å². The van der Waals surface area contributed by atoms with Gasteiger partial charge in [-0.3, -0.25) is 0 Å². The molecule has 0 aromatic heterocycles. The van der Waals surface area contributed by atoms with Crippen LogP contribution in [0.5, 0.6) is 0 Å². The van der Waals surface area contributed by atoms with Crippen LogP contribution in [0.2, 0.25) is 0 Å². The van der Waals surface area contributed by atoms with Crippen LogP contribution in [0.4, 0.5) is 0 Å². The molecular formula is C4H3B2Br. The van der Waals surface area contributed by atoms with Crippen molar-refractivity contribution in [1.29, 1.82) is 0 Å². The maximum absolute atomic E-state index is 5.24. The van der Waals surface area contributed by atoms with Crippen molar-refractivity contribution >= 4 is 31.6 Å². The number of hydrogen-bond acceptors (Lipinski definition) is 0. The minimum atomic E-state index is -0.0384. The molecule has 0 saturated carbocycles. The third kappa shape index (κ3) is 6.17. The quantitative estimate of drug-likeness (QED) is 0.290. The molecular weight excluding hydrogens is 150 g/mol. The fraction of sp³-hybridized carbons (Fsp3) is 0.500. The van der Waals surface area contributed by atoms with Crippen LogP contribution in [0.15, 0.2) is 0 Å². The molecule has 0 rings (SSSR count). The highest BCUT2D eigenvalue weighted by molar-refractivity contribution is 9.10. The maximum Gasteiger partial charge on any atom is 0.187 e. The lowest BCUT2D eigenvalue weighted by molar-refractivity contribution is 1.23. The van der Waals surface area contributed by atoms with E-state index < -0.39 is 0 Å². The van der Waals surface area contributed by atoms with Gasteiger partial charge in [0.1, 0.15) is 0 Å². The lowest BCUT2D eigenvalue weighted by Gasteiger charge is -1.89. The van der Waals surface area contributed by atoms with Gasteiger partial charge in [-0.05, 0) is 4.73 Å². The fourth-order valence-corrected chi connectivity index (χ4v) is 0.318. The molecule has 0 aliphatic carbocycles. The summed E-state index contributed by atoms with van der Waals surface area (Å²) in [4.78, 5) is 0. The Morgan fingerprint density at radius 3 is 2.43 bits per heavy atom. The average molecular weight is 153 g/mol. The molecule has 0 fully saturated rings. The zero-order chi connectivity index (χ0) is 5.70. The summed E-state index contributed by atoms with van der Waals surface area (Å²) < 4.78 is -0.0384. The minimum absolute atomic E-state index is 0.0384. The molecule has 0 aromatic carbocycles. The first-order valence-electron chi connectivity index (χ1n) is 1.85. The normalized spacial score (nSPS) is 11.6. The van der Waals surface area contributed by atoms with Crippen LogP contribution in [-0.2, 0) is 0 Å². The van der Waals surface area contributed by atoms with Crippen LogP contribution >= 0.6 is 15.9 Å². The molecule has 0 saturated heterocycles. The highest BCUT2D eigenvalue weighted by Gasteiger charge is 1.86. The van der Waals surface area contributed by atoms with Gasteiger partial charge in [0.2, 0.25) is 0 Å². The molecule has 1 atom stereocenters. The Balaban J connectivity index is 3.08. The van der Waals surface area contributed by atoms with Gasteiger partial charge in [-0.2, -0.15) is 5.82 Å². The van der Waals surface area contributed by atoms with Crippen molar-refractivity contribution in [1.82, 2.24) is 0 Å². The maximum atomic E-state index is 5.24. The van der Waals surface area contributed by atoms with Gasteiger partial charge in [-0.25, -0.2) is 0 Å². The van der Waals surface area contributed by atoms with Crippen molar-refractivity contribution < 1.29 is 0 Å². The van der Waals surface area contributed by atoms with Crippen LogP contribution < -0.4 is 0 Å². The van der Waals surface area contributed by atoms with Gasteiger partial charge in [0.05, 0.1) is 7.85 Å². The molecule has 0 spiro atoms. The van der Waals surface area contributed by atoms with Crippen molar-refractivity contribution in [3.8, 4) is 11.7 Å². The van der Waals surface area contributed by atoms with E-state index in [1.165, 1.54) is 0 Å². The minimum Gasteiger partial charge on any atom is -0.172 e. The highest BCUT2D eigenvalue weighted by Crippen LogP contribution is 1.95. The first-order valence-corrected chi connectivity index (χ1v) is 2.77. The number of rotatable bonds is 1. The average Bonchev–Trinajstić information content (AvgIpc) is 1.61. The van der Waals surface area contributed by atoms with E-state index in [1.807, 2.05) is 0 Å². The number of alkyl halides is 1. The molecule has 0 aliphatic rings. The van der Waals surface area contributed by atoms with E-state index in [9.17, 15) is 0 Å². The molecule has 7 heavy (non-hydrogen) atoms. The van der Waals surface area contributed by atoms with E-state index in [0.29, 0.717) is 6.42 Å². The molecule has 0 heterocycles. The lowest BCUT2D eigenvalue weighted by atomic mass is 10.0. The van der Waals surface area contributed by atoms with Gasteiger partial charge >= 0.3 is 0 Å². The first kappa shape index (κ1) is 7.17. The second kappa shape index (κ2) is 4.33. The van der Waals surface area contributed by atoms with E-state index in [1.54, 1.807) is 0 Å². The third-order valence-corrected chi connectivity index (χ3v) is 0.723. The largest absolute Gasteiger partial charge is 0.187 e. The Morgan fingerprint density at radius 1 is 1.71 bits per heavy atom. The van der Waals surface area contributed by atoms with Crippen molar-refractivity contribution in [2.75, 3.05) is 0 Å². The van der Waals surface area contributed by atoms with Crippen molar-refractivity contribution in [2.24, 2.45) is 0 Å². The van der Waals surface area contributed by atoms with Gasteiger partial charge in [0, 0.05) is 6.42 Å². The third-order valence-electron chi connectivity index (χ3n) is 0.399. The van der Waals surface area contributed by atoms with Crippen LogP contribution in [0.25, 0.3) is 0 Å². The smallest absolute Gasteiger partial charge is 0.172 e. The SMILES string of the molecule is [B]C#CCC([B])Br. The van der Waals surface area contributed by atoms with Crippen molar-refractivity contribution in [3.05, 3.63) is 0 Å². The Hall–Kier alpha value is 0.170. The Kier molecular flexibility index (Phi) is 4.44. The zero-order valence-corrected chi connectivity index (χ0v) is 5.40. The monoisotopic (exact) mass is 152 g/mol. The van der Waals surface area contributed by atoms with Crippen LogP contribution in [0, 0.1) is 11.7 Å². The summed E-state index contributed by atoms with van der Waals surface area (Å²) in [5, 5.41) is 0. The molecule has 0 aromatic rings. The van der Waals surface area contributed by atoms with Crippen molar-refractivity contribution in [3.63, 3.8) is 0 Å². The van der Waals surface area contributed by atoms with E-state index >= 15 is 0 Å². The van der Waals surface area contributed by atoms with Gasteiger partial charge in [0.15, 0.2) is 7.85 Å². The Bertz CT molecular complexity index is 89.6. The highest BCUT2D eigenvalue weighted by atomic mass is 79.9. The summed E-state index contributed by atoms with van der Waals surface area (Å²) in [6, 6.07) is 0. The van der Waals surface area contributed by atoms with Crippen LogP contribution in [0.3, 0.4) is 0 Å². The number of hydrogen-bond donors (Lipinski definition) is 0. The van der Waals surface area contributed by atoms with Crippen LogP contribution in [-0.4, -0.2) is 20.4 Å². The predicted molar refractivity (Wildman–Crippen MR) is 36.6 cm³/mol. The summed E-state index contributed by atoms with van der Waals surface area (Å²) in [5.74, 6) is 4.84.